The third-order valence-corrected chi connectivity index (χ3v) is 3.27. The van der Waals surface area contributed by atoms with Crippen molar-refractivity contribution in [3.63, 3.8) is 0 Å². The van der Waals surface area contributed by atoms with Gasteiger partial charge in [-0.05, 0) is 12.8 Å². The molecular formula is C12H14FN5. The van der Waals surface area contributed by atoms with Crippen LogP contribution in [-0.4, -0.2) is 20.2 Å². The molecular weight excluding hydrogens is 233 g/mol. The maximum Gasteiger partial charge on any atom is 0.231 e. The first kappa shape index (κ1) is 11.1. The summed E-state index contributed by atoms with van der Waals surface area (Å²) in [5, 5.41) is 10.2. The Morgan fingerprint density at radius 3 is 2.72 bits per heavy atom. The average Bonchev–Trinajstić information content (AvgIpc) is 3.02. The predicted molar refractivity (Wildman–Crippen MR) is 65.1 cm³/mol. The Hall–Kier alpha value is -1.98. The van der Waals surface area contributed by atoms with Crippen LogP contribution < -0.4 is 5.32 Å². The third-order valence-electron chi connectivity index (χ3n) is 3.27. The zero-order valence-corrected chi connectivity index (χ0v) is 9.86. The first-order valence-corrected chi connectivity index (χ1v) is 6.11. The number of aromatic amines is 1. The molecule has 2 N–H and O–H groups in total. The second-order valence-corrected chi connectivity index (χ2v) is 4.54. The summed E-state index contributed by atoms with van der Waals surface area (Å²) in [6.07, 6.45) is 7.44. The monoisotopic (exact) mass is 247 g/mol. The van der Waals surface area contributed by atoms with Crippen molar-refractivity contribution in [1.82, 2.24) is 20.2 Å². The van der Waals surface area contributed by atoms with Crippen molar-refractivity contribution in [1.29, 1.82) is 0 Å². The van der Waals surface area contributed by atoms with Crippen LogP contribution in [0, 0.1) is 5.95 Å². The van der Waals surface area contributed by atoms with E-state index in [2.05, 4.69) is 25.5 Å². The Balaban J connectivity index is 1.71. The summed E-state index contributed by atoms with van der Waals surface area (Å²) < 4.78 is 12.6. The molecule has 94 valence electrons. The lowest BCUT2D eigenvalue weighted by molar-refractivity contribution is 0.577. The molecule has 0 aromatic carbocycles. The van der Waals surface area contributed by atoms with Crippen LogP contribution in [0.4, 0.5) is 16.0 Å². The van der Waals surface area contributed by atoms with E-state index >= 15 is 0 Å². The molecule has 6 heteroatoms. The molecule has 0 amide bonds. The predicted octanol–water partition coefficient (Wildman–Crippen LogP) is 2.74. The van der Waals surface area contributed by atoms with Crippen molar-refractivity contribution >= 4 is 11.6 Å². The molecule has 18 heavy (non-hydrogen) atoms. The van der Waals surface area contributed by atoms with Gasteiger partial charge in [0.1, 0.15) is 5.82 Å². The highest BCUT2D eigenvalue weighted by Gasteiger charge is 2.19. The van der Waals surface area contributed by atoms with Gasteiger partial charge in [0, 0.05) is 17.7 Å². The smallest absolute Gasteiger partial charge is 0.231 e. The molecule has 0 saturated heterocycles. The fourth-order valence-corrected chi connectivity index (χ4v) is 2.35. The van der Waals surface area contributed by atoms with Crippen LogP contribution in [0.15, 0.2) is 18.5 Å². The third kappa shape index (κ3) is 2.32. The molecule has 1 aliphatic rings. The number of nitrogens with zero attached hydrogens (tertiary/aromatic N) is 3. The summed E-state index contributed by atoms with van der Waals surface area (Å²) in [4.78, 5) is 7.41. The van der Waals surface area contributed by atoms with Gasteiger partial charge in [0.2, 0.25) is 5.95 Å². The molecule has 0 aliphatic heterocycles. The maximum absolute atomic E-state index is 12.6. The van der Waals surface area contributed by atoms with E-state index in [4.69, 9.17) is 0 Å². The van der Waals surface area contributed by atoms with E-state index in [0.717, 1.165) is 11.9 Å². The molecule has 3 rings (SSSR count). The van der Waals surface area contributed by atoms with Gasteiger partial charge in [-0.15, -0.1) is 0 Å². The van der Waals surface area contributed by atoms with Crippen molar-refractivity contribution in [2.24, 2.45) is 0 Å². The average molecular weight is 247 g/mol. The van der Waals surface area contributed by atoms with Gasteiger partial charge in [-0.25, -0.2) is 9.97 Å². The molecule has 2 heterocycles. The lowest BCUT2D eigenvalue weighted by Crippen LogP contribution is -1.95. The van der Waals surface area contributed by atoms with Crippen molar-refractivity contribution in [3.05, 3.63) is 30.1 Å². The Kier molecular flexibility index (Phi) is 2.92. The van der Waals surface area contributed by atoms with Crippen LogP contribution >= 0.6 is 0 Å². The highest BCUT2D eigenvalue weighted by Crippen LogP contribution is 2.33. The van der Waals surface area contributed by atoms with E-state index in [-0.39, 0.29) is 0 Å². The number of hydrogen-bond donors (Lipinski definition) is 2. The highest BCUT2D eigenvalue weighted by atomic mass is 19.1. The number of H-pyrrole nitrogens is 1. The molecule has 0 atom stereocenters. The summed E-state index contributed by atoms with van der Waals surface area (Å²) in [5.74, 6) is 1.18. The molecule has 1 saturated carbocycles. The second-order valence-electron chi connectivity index (χ2n) is 4.54. The largest absolute Gasteiger partial charge is 0.322 e. The summed E-state index contributed by atoms with van der Waals surface area (Å²) in [7, 11) is 0. The molecule has 2 aromatic rings. The molecule has 0 radical (unpaired) electrons. The molecule has 0 unspecified atom stereocenters. The summed E-state index contributed by atoms with van der Waals surface area (Å²) in [6.45, 7) is 0. The minimum atomic E-state index is -0.589. The van der Waals surface area contributed by atoms with E-state index in [1.807, 2.05) is 6.07 Å². The molecule has 0 spiro atoms. The number of aromatic nitrogens is 4. The first-order chi connectivity index (χ1) is 8.81. The SMILES string of the molecule is Fc1cnc(Nc2cc(C3CCCC3)[nH]n2)cn1. The van der Waals surface area contributed by atoms with Crippen molar-refractivity contribution in [2.45, 2.75) is 31.6 Å². The van der Waals surface area contributed by atoms with Gasteiger partial charge in [0.25, 0.3) is 0 Å². The summed E-state index contributed by atoms with van der Waals surface area (Å²) >= 11 is 0. The summed E-state index contributed by atoms with van der Waals surface area (Å²) in [5.41, 5.74) is 1.16. The molecule has 2 aromatic heterocycles. The number of rotatable bonds is 3. The van der Waals surface area contributed by atoms with Gasteiger partial charge in [-0.2, -0.15) is 9.49 Å². The van der Waals surface area contributed by atoms with Crippen LogP contribution in [0.1, 0.15) is 37.3 Å². The molecule has 0 bridgehead atoms. The van der Waals surface area contributed by atoms with Gasteiger partial charge < -0.3 is 5.32 Å². The van der Waals surface area contributed by atoms with E-state index in [1.165, 1.54) is 31.9 Å². The molecule has 1 fully saturated rings. The second kappa shape index (κ2) is 4.72. The highest BCUT2D eigenvalue weighted by molar-refractivity contribution is 5.50. The van der Waals surface area contributed by atoms with E-state index < -0.39 is 5.95 Å². The van der Waals surface area contributed by atoms with Crippen molar-refractivity contribution in [2.75, 3.05) is 5.32 Å². The van der Waals surface area contributed by atoms with Gasteiger partial charge in [-0.1, -0.05) is 12.8 Å². The number of anilines is 2. The van der Waals surface area contributed by atoms with Crippen LogP contribution in [0.3, 0.4) is 0 Å². The normalized spacial score (nSPS) is 16.1. The Labute approximate surface area is 104 Å². The Morgan fingerprint density at radius 1 is 1.17 bits per heavy atom. The minimum Gasteiger partial charge on any atom is -0.322 e. The number of halogens is 1. The molecule has 1 aliphatic carbocycles. The zero-order valence-electron chi connectivity index (χ0n) is 9.86. The van der Waals surface area contributed by atoms with Gasteiger partial charge in [0.15, 0.2) is 5.82 Å². The van der Waals surface area contributed by atoms with E-state index in [1.54, 1.807) is 0 Å². The fourth-order valence-electron chi connectivity index (χ4n) is 2.35. The zero-order chi connectivity index (χ0) is 12.4. The lowest BCUT2D eigenvalue weighted by Gasteiger charge is -2.03. The first-order valence-electron chi connectivity index (χ1n) is 6.11. The topological polar surface area (TPSA) is 66.5 Å². The Morgan fingerprint density at radius 2 is 2.00 bits per heavy atom. The number of hydrogen-bond acceptors (Lipinski definition) is 4. The Bertz CT molecular complexity index is 516. The fraction of sp³-hybridized carbons (Fsp3) is 0.417. The van der Waals surface area contributed by atoms with Crippen molar-refractivity contribution < 1.29 is 4.39 Å². The van der Waals surface area contributed by atoms with Gasteiger partial charge >= 0.3 is 0 Å². The lowest BCUT2D eigenvalue weighted by atomic mass is 10.0. The summed E-state index contributed by atoms with van der Waals surface area (Å²) in [6, 6.07) is 1.99. The van der Waals surface area contributed by atoms with Crippen LogP contribution in [0.25, 0.3) is 0 Å². The van der Waals surface area contributed by atoms with Crippen LogP contribution in [0.2, 0.25) is 0 Å². The quantitative estimate of drug-likeness (QED) is 0.875. The van der Waals surface area contributed by atoms with Crippen molar-refractivity contribution in [3.8, 4) is 0 Å². The van der Waals surface area contributed by atoms with Gasteiger partial charge in [0.05, 0.1) is 12.4 Å². The van der Waals surface area contributed by atoms with E-state index in [0.29, 0.717) is 17.6 Å². The minimum absolute atomic E-state index is 0.487. The van der Waals surface area contributed by atoms with Gasteiger partial charge in [-0.3, -0.25) is 5.10 Å². The van der Waals surface area contributed by atoms with Crippen LogP contribution in [-0.2, 0) is 0 Å². The van der Waals surface area contributed by atoms with E-state index in [9.17, 15) is 4.39 Å². The number of nitrogens with one attached hydrogen (secondary N) is 2. The standard InChI is InChI=1S/C12H14FN5/c13-10-6-15-12(7-14-10)16-11-5-9(17-18-11)8-3-1-2-4-8/h5-8H,1-4H2,(H2,15,16,17,18). The van der Waals surface area contributed by atoms with Crippen LogP contribution in [0.5, 0.6) is 0 Å². The molecule has 5 nitrogen and oxygen atoms in total. The maximum atomic E-state index is 12.6.